The fourth-order valence-electron chi connectivity index (χ4n) is 2.63. The lowest BCUT2D eigenvalue weighted by molar-refractivity contribution is -0.139. The van der Waals surface area contributed by atoms with Gasteiger partial charge in [-0.25, -0.2) is 21.9 Å². The number of benzene rings is 1. The van der Waals surface area contributed by atoms with E-state index in [0.29, 0.717) is 25.5 Å². The molecule has 1 aliphatic carbocycles. The first-order valence-electron chi connectivity index (χ1n) is 7.16. The Morgan fingerprint density at radius 1 is 1.39 bits per heavy atom. The molecule has 2 N–H and O–H groups in total. The average Bonchev–Trinajstić information content (AvgIpc) is 2.39. The van der Waals surface area contributed by atoms with Crippen molar-refractivity contribution in [1.29, 1.82) is 0 Å². The lowest BCUT2D eigenvalue weighted by Gasteiger charge is -2.42. The van der Waals surface area contributed by atoms with Gasteiger partial charge in [0.15, 0.2) is 0 Å². The van der Waals surface area contributed by atoms with Crippen LogP contribution in [0.4, 0.5) is 8.78 Å². The molecule has 0 atom stereocenters. The molecule has 0 aromatic heterocycles. The standard InChI is InChI=1S/C14H18F2N2O4S/c1-2-18(8-14(19)20)11-6-10(7-11)17-23(21,22)13-4-3-9(15)5-12(13)16/h3-5,10-11,17H,2,6-8H2,1H3,(H,19,20). The predicted molar refractivity (Wildman–Crippen MR) is 78.4 cm³/mol. The smallest absolute Gasteiger partial charge is 0.317 e. The maximum atomic E-state index is 13.6. The summed E-state index contributed by atoms with van der Waals surface area (Å²) in [6, 6.07) is 1.86. The number of carbonyl (C=O) groups is 1. The van der Waals surface area contributed by atoms with E-state index < -0.39 is 38.6 Å². The fourth-order valence-corrected chi connectivity index (χ4v) is 3.95. The van der Waals surface area contributed by atoms with E-state index in [1.165, 1.54) is 0 Å². The first kappa shape index (κ1) is 17.8. The van der Waals surface area contributed by atoms with Gasteiger partial charge in [0.2, 0.25) is 10.0 Å². The zero-order valence-electron chi connectivity index (χ0n) is 12.5. The maximum Gasteiger partial charge on any atom is 0.317 e. The van der Waals surface area contributed by atoms with Gasteiger partial charge in [-0.05, 0) is 31.5 Å². The summed E-state index contributed by atoms with van der Waals surface area (Å²) in [7, 11) is -4.07. The molecule has 1 fully saturated rings. The van der Waals surface area contributed by atoms with E-state index in [0.717, 1.165) is 12.1 Å². The summed E-state index contributed by atoms with van der Waals surface area (Å²) in [4.78, 5) is 11.9. The van der Waals surface area contributed by atoms with E-state index >= 15 is 0 Å². The summed E-state index contributed by atoms with van der Waals surface area (Å²) >= 11 is 0. The molecule has 0 saturated heterocycles. The number of rotatable bonds is 7. The Hall–Kier alpha value is -1.58. The minimum absolute atomic E-state index is 0.0261. The third kappa shape index (κ3) is 4.24. The highest BCUT2D eigenvalue weighted by Gasteiger charge is 2.36. The monoisotopic (exact) mass is 348 g/mol. The molecule has 1 saturated carbocycles. The molecule has 1 aromatic carbocycles. The van der Waals surface area contributed by atoms with Crippen LogP contribution in [0, 0.1) is 11.6 Å². The van der Waals surface area contributed by atoms with Gasteiger partial charge in [0.05, 0.1) is 6.54 Å². The Labute approximate surface area is 133 Å². The molecule has 6 nitrogen and oxygen atoms in total. The summed E-state index contributed by atoms with van der Waals surface area (Å²) < 4.78 is 53.0. The fraction of sp³-hybridized carbons (Fsp3) is 0.500. The molecular formula is C14H18F2N2O4S. The first-order chi connectivity index (χ1) is 10.7. The predicted octanol–water partition coefficient (Wildman–Crippen LogP) is 1.18. The minimum Gasteiger partial charge on any atom is -0.480 e. The van der Waals surface area contributed by atoms with Crippen LogP contribution in [0.5, 0.6) is 0 Å². The van der Waals surface area contributed by atoms with Crippen molar-refractivity contribution in [2.24, 2.45) is 0 Å². The number of likely N-dealkylation sites (N-methyl/N-ethyl adjacent to an activating group) is 1. The number of nitrogens with zero attached hydrogens (tertiary/aromatic N) is 1. The highest BCUT2D eigenvalue weighted by atomic mass is 32.2. The first-order valence-corrected chi connectivity index (χ1v) is 8.64. The molecule has 1 aliphatic rings. The van der Waals surface area contributed by atoms with E-state index in [1.807, 2.05) is 6.92 Å². The summed E-state index contributed by atoms with van der Waals surface area (Å²) in [5.41, 5.74) is 0. The second kappa shape index (κ2) is 6.90. The van der Waals surface area contributed by atoms with Crippen molar-refractivity contribution in [3.05, 3.63) is 29.8 Å². The van der Waals surface area contributed by atoms with Gasteiger partial charge in [-0.1, -0.05) is 6.92 Å². The van der Waals surface area contributed by atoms with Gasteiger partial charge in [0.1, 0.15) is 16.5 Å². The molecule has 23 heavy (non-hydrogen) atoms. The summed E-state index contributed by atoms with van der Waals surface area (Å²) in [6.45, 7) is 2.27. The average molecular weight is 348 g/mol. The summed E-state index contributed by atoms with van der Waals surface area (Å²) in [5.74, 6) is -2.93. The molecule has 0 radical (unpaired) electrons. The third-order valence-electron chi connectivity index (χ3n) is 3.88. The second-order valence-corrected chi connectivity index (χ2v) is 7.16. The topological polar surface area (TPSA) is 86.7 Å². The maximum absolute atomic E-state index is 13.6. The second-order valence-electron chi connectivity index (χ2n) is 5.48. The highest BCUT2D eigenvalue weighted by Crippen LogP contribution is 2.27. The SMILES string of the molecule is CCN(CC(=O)O)C1CC(NS(=O)(=O)c2ccc(F)cc2F)C1. The highest BCUT2D eigenvalue weighted by molar-refractivity contribution is 7.89. The van der Waals surface area contributed by atoms with Crippen molar-refractivity contribution < 1.29 is 27.1 Å². The molecule has 1 aromatic rings. The Kier molecular flexibility index (Phi) is 5.33. The van der Waals surface area contributed by atoms with Crippen LogP contribution in [0.25, 0.3) is 0 Å². The number of aliphatic carboxylic acids is 1. The van der Waals surface area contributed by atoms with Crippen LogP contribution >= 0.6 is 0 Å². The molecule has 0 aliphatic heterocycles. The van der Waals surface area contributed by atoms with Crippen molar-refractivity contribution in [2.45, 2.75) is 36.7 Å². The zero-order valence-corrected chi connectivity index (χ0v) is 13.3. The molecule has 9 heteroatoms. The van der Waals surface area contributed by atoms with Gasteiger partial charge >= 0.3 is 5.97 Å². The number of carboxylic acid groups (broad SMARTS) is 1. The van der Waals surface area contributed by atoms with Gasteiger partial charge in [-0.3, -0.25) is 9.69 Å². The number of carboxylic acids is 1. The Morgan fingerprint density at radius 2 is 2.04 bits per heavy atom. The van der Waals surface area contributed by atoms with Crippen LogP contribution in [0.1, 0.15) is 19.8 Å². The minimum atomic E-state index is -4.07. The summed E-state index contributed by atoms with van der Waals surface area (Å²) in [6.07, 6.45) is 0.895. The zero-order chi connectivity index (χ0) is 17.2. The van der Waals surface area contributed by atoms with Crippen LogP contribution in [0.2, 0.25) is 0 Å². The lowest BCUT2D eigenvalue weighted by Crippen LogP contribution is -2.54. The third-order valence-corrected chi connectivity index (χ3v) is 5.43. The number of hydrogen-bond acceptors (Lipinski definition) is 4. The molecule has 0 amide bonds. The van der Waals surface area contributed by atoms with Crippen molar-refractivity contribution in [2.75, 3.05) is 13.1 Å². The van der Waals surface area contributed by atoms with Crippen LogP contribution in [0.3, 0.4) is 0 Å². The van der Waals surface area contributed by atoms with Crippen molar-refractivity contribution in [3.63, 3.8) is 0 Å². The van der Waals surface area contributed by atoms with Crippen LogP contribution in [-0.2, 0) is 14.8 Å². The molecular weight excluding hydrogens is 330 g/mol. The Balaban J connectivity index is 1.97. The quantitative estimate of drug-likeness (QED) is 0.773. The van der Waals surface area contributed by atoms with Crippen molar-refractivity contribution >= 4 is 16.0 Å². The van der Waals surface area contributed by atoms with E-state index in [2.05, 4.69) is 4.72 Å². The Bertz CT molecular complexity index is 690. The van der Waals surface area contributed by atoms with Gasteiger partial charge in [0, 0.05) is 18.2 Å². The Morgan fingerprint density at radius 3 is 2.57 bits per heavy atom. The van der Waals surface area contributed by atoms with E-state index in [1.54, 1.807) is 4.90 Å². The van der Waals surface area contributed by atoms with Gasteiger partial charge in [-0.15, -0.1) is 0 Å². The van der Waals surface area contributed by atoms with E-state index in [9.17, 15) is 22.0 Å². The number of sulfonamides is 1. The number of hydrogen-bond donors (Lipinski definition) is 2. The van der Waals surface area contributed by atoms with Gasteiger partial charge in [0.25, 0.3) is 0 Å². The largest absolute Gasteiger partial charge is 0.480 e. The molecule has 0 spiro atoms. The molecule has 0 bridgehead atoms. The molecule has 0 heterocycles. The molecule has 128 valence electrons. The summed E-state index contributed by atoms with van der Waals surface area (Å²) in [5, 5.41) is 8.81. The van der Waals surface area contributed by atoms with Crippen LogP contribution in [-0.4, -0.2) is 49.6 Å². The normalized spacial score (nSPS) is 21.2. The van der Waals surface area contributed by atoms with Crippen molar-refractivity contribution in [1.82, 2.24) is 9.62 Å². The van der Waals surface area contributed by atoms with E-state index in [4.69, 9.17) is 5.11 Å². The van der Waals surface area contributed by atoms with Crippen molar-refractivity contribution in [3.8, 4) is 0 Å². The van der Waals surface area contributed by atoms with E-state index in [-0.39, 0.29) is 12.6 Å². The van der Waals surface area contributed by atoms with Crippen LogP contribution in [0.15, 0.2) is 23.1 Å². The molecule has 2 rings (SSSR count). The van der Waals surface area contributed by atoms with Gasteiger partial charge in [-0.2, -0.15) is 0 Å². The van der Waals surface area contributed by atoms with Crippen LogP contribution < -0.4 is 4.72 Å². The number of halogens is 2. The number of nitrogens with one attached hydrogen (secondary N) is 1. The van der Waals surface area contributed by atoms with Gasteiger partial charge < -0.3 is 5.11 Å². The molecule has 0 unspecified atom stereocenters. The lowest BCUT2D eigenvalue weighted by atomic mass is 9.86.